The Morgan fingerprint density at radius 1 is 1.12 bits per heavy atom. The van der Waals surface area contributed by atoms with Crippen molar-refractivity contribution in [2.75, 3.05) is 7.11 Å². The maximum Gasteiger partial charge on any atom is 0.436 e. The molecule has 1 N–H and O–H groups in total. The summed E-state index contributed by atoms with van der Waals surface area (Å²) in [5.74, 6) is -0.934. The predicted octanol–water partition coefficient (Wildman–Crippen LogP) is 3.27. The van der Waals surface area contributed by atoms with Crippen molar-refractivity contribution in [2.45, 2.75) is 66.0 Å². The van der Waals surface area contributed by atoms with Gasteiger partial charge in [-0.3, -0.25) is 13.9 Å². The van der Waals surface area contributed by atoms with Gasteiger partial charge in [-0.05, 0) is 27.7 Å². The van der Waals surface area contributed by atoms with Gasteiger partial charge in [0, 0.05) is 17.5 Å². The normalized spacial score (nSPS) is 12.0. The topological polar surface area (TPSA) is 157 Å². The molecule has 32 heavy (non-hydrogen) atoms. The number of carbonyl (C=O) groups is 1. The first-order valence-electron chi connectivity index (χ1n) is 9.91. The zero-order valence-electron chi connectivity index (χ0n) is 19.4. The molecule has 0 aromatic carbocycles. The molecule has 2 aromatic heterocycles. The van der Waals surface area contributed by atoms with Gasteiger partial charge in [0.1, 0.15) is 11.6 Å². The number of hydrogen-bond acceptors (Lipinski definition) is 9. The van der Waals surface area contributed by atoms with Crippen LogP contribution in [0.3, 0.4) is 0 Å². The molecule has 0 atom stereocenters. The first-order chi connectivity index (χ1) is 14.8. The molecule has 12 heteroatoms. The number of hydrogen-bond donors (Lipinski definition) is 1. The maximum absolute atomic E-state index is 12.9. The molecule has 0 amide bonds. The third kappa shape index (κ3) is 4.18. The van der Waals surface area contributed by atoms with Crippen LogP contribution in [0.2, 0.25) is 0 Å². The second-order valence-corrected chi connectivity index (χ2v) is 8.68. The molecule has 2 rings (SSSR count). The number of rotatable bonds is 4. The Morgan fingerprint density at radius 3 is 2.12 bits per heavy atom. The second kappa shape index (κ2) is 8.78. The van der Waals surface area contributed by atoms with E-state index < -0.39 is 46.4 Å². The number of nitrogens with zero attached hydrogens (tertiary/aromatic N) is 7. The lowest BCUT2D eigenvalue weighted by Gasteiger charge is -2.17. The van der Waals surface area contributed by atoms with Crippen LogP contribution in [0.25, 0.3) is 0 Å². The summed E-state index contributed by atoms with van der Waals surface area (Å²) in [5.41, 5.74) is -2.44. The molecule has 0 bridgehead atoms. The van der Waals surface area contributed by atoms with Crippen LogP contribution in [0.4, 0.5) is 16.3 Å². The van der Waals surface area contributed by atoms with Crippen LogP contribution in [0, 0.1) is 11.3 Å². The van der Waals surface area contributed by atoms with Crippen LogP contribution in [0.15, 0.2) is 19.8 Å². The molecule has 0 aliphatic carbocycles. The average Bonchev–Trinajstić information content (AvgIpc) is 3.05. The molecule has 0 spiro atoms. The monoisotopic (exact) mass is 445 g/mol. The van der Waals surface area contributed by atoms with Gasteiger partial charge in [-0.25, -0.2) is 9.59 Å². The minimum absolute atomic E-state index is 0.0347. The van der Waals surface area contributed by atoms with E-state index in [1.165, 1.54) is 0 Å². The molecule has 0 saturated carbocycles. The number of azo groups is 1. The largest absolute Gasteiger partial charge is 0.493 e. The fourth-order valence-corrected chi connectivity index (χ4v) is 3.07. The van der Waals surface area contributed by atoms with Gasteiger partial charge in [0.2, 0.25) is 17.4 Å². The molecule has 2 heterocycles. The predicted molar refractivity (Wildman–Crippen MR) is 115 cm³/mol. The van der Waals surface area contributed by atoms with Crippen molar-refractivity contribution in [1.82, 2.24) is 18.9 Å². The highest BCUT2D eigenvalue weighted by Gasteiger charge is 2.30. The molecule has 12 nitrogen and oxygen atoms in total. The van der Waals surface area contributed by atoms with Crippen molar-refractivity contribution in [3.8, 4) is 11.9 Å². The van der Waals surface area contributed by atoms with E-state index in [0.717, 1.165) is 20.9 Å². The summed E-state index contributed by atoms with van der Waals surface area (Å²) >= 11 is 0. The molecule has 2 aromatic rings. The first kappa shape index (κ1) is 24.5. The maximum atomic E-state index is 12.9. The number of nitriles is 1. The number of carbonyl (C=O) groups excluding carboxylic acids is 1. The summed E-state index contributed by atoms with van der Waals surface area (Å²) in [6.45, 7) is 12.0. The van der Waals surface area contributed by atoms with Gasteiger partial charge in [-0.2, -0.15) is 10.4 Å². The van der Waals surface area contributed by atoms with Crippen molar-refractivity contribution in [3.05, 3.63) is 32.1 Å². The van der Waals surface area contributed by atoms with E-state index in [-0.39, 0.29) is 17.1 Å². The van der Waals surface area contributed by atoms with Gasteiger partial charge in [0.15, 0.2) is 0 Å². The highest BCUT2D eigenvalue weighted by molar-refractivity contribution is 5.75. The Hall–Kier alpha value is -3.75. The second-order valence-electron chi connectivity index (χ2n) is 8.68. The lowest BCUT2D eigenvalue weighted by Crippen LogP contribution is -2.41. The average molecular weight is 445 g/mol. The van der Waals surface area contributed by atoms with Gasteiger partial charge in [0.05, 0.1) is 12.8 Å². The van der Waals surface area contributed by atoms with E-state index >= 15 is 0 Å². The van der Waals surface area contributed by atoms with Crippen molar-refractivity contribution < 1.29 is 14.6 Å². The van der Waals surface area contributed by atoms with Crippen LogP contribution in [0.1, 0.15) is 71.8 Å². The van der Waals surface area contributed by atoms with Crippen LogP contribution < -0.4 is 11.2 Å². The quantitative estimate of drug-likeness (QED) is 0.707. The third-order valence-corrected chi connectivity index (χ3v) is 4.58. The number of aromatic hydroxyl groups is 1. The van der Waals surface area contributed by atoms with Crippen molar-refractivity contribution in [1.29, 1.82) is 5.26 Å². The molecule has 0 aliphatic heterocycles. The van der Waals surface area contributed by atoms with E-state index in [4.69, 9.17) is 4.74 Å². The fourth-order valence-electron chi connectivity index (χ4n) is 3.07. The molecule has 0 fully saturated rings. The Labute approximate surface area is 184 Å². The van der Waals surface area contributed by atoms with E-state index in [2.05, 4.69) is 15.3 Å². The van der Waals surface area contributed by atoms with Crippen LogP contribution >= 0.6 is 0 Å². The summed E-state index contributed by atoms with van der Waals surface area (Å²) < 4.78 is 7.43. The van der Waals surface area contributed by atoms with Crippen molar-refractivity contribution in [2.24, 2.45) is 10.2 Å². The highest BCUT2D eigenvalue weighted by Crippen LogP contribution is 2.33. The third-order valence-electron chi connectivity index (χ3n) is 4.58. The Bertz CT molecular complexity index is 1230. The van der Waals surface area contributed by atoms with Gasteiger partial charge in [-0.1, -0.05) is 20.8 Å². The number of ether oxygens (including phenoxy) is 1. The number of methoxy groups -OCH3 is 1. The SMILES string of the molecule is COC(=O)n1nc(C(C)(C)C)c(C#N)c1N=Nc1c(O)n(C(C)C)c(=O)n(C(C)C)c1=O. The number of aromatic nitrogens is 4. The van der Waals surface area contributed by atoms with E-state index in [0.29, 0.717) is 0 Å². The minimum Gasteiger partial charge on any atom is -0.493 e. The van der Waals surface area contributed by atoms with Gasteiger partial charge in [0.25, 0.3) is 5.56 Å². The van der Waals surface area contributed by atoms with Gasteiger partial charge in [-0.15, -0.1) is 14.9 Å². The van der Waals surface area contributed by atoms with Crippen LogP contribution in [0.5, 0.6) is 5.88 Å². The lowest BCUT2D eigenvalue weighted by molar-refractivity contribution is 0.169. The lowest BCUT2D eigenvalue weighted by atomic mass is 9.90. The van der Waals surface area contributed by atoms with E-state index in [1.54, 1.807) is 48.5 Å². The van der Waals surface area contributed by atoms with E-state index in [1.807, 2.05) is 6.07 Å². The summed E-state index contributed by atoms with van der Waals surface area (Å²) in [6.07, 6.45) is -0.915. The summed E-state index contributed by atoms with van der Waals surface area (Å²) in [7, 11) is 1.14. The van der Waals surface area contributed by atoms with Gasteiger partial charge < -0.3 is 9.84 Å². The molecule has 172 valence electrons. The summed E-state index contributed by atoms with van der Waals surface area (Å²) in [5, 5.41) is 32.2. The zero-order chi connectivity index (χ0) is 24.5. The van der Waals surface area contributed by atoms with Crippen LogP contribution in [-0.4, -0.2) is 37.2 Å². The zero-order valence-corrected chi connectivity index (χ0v) is 19.4. The molecular weight excluding hydrogens is 418 g/mol. The first-order valence-corrected chi connectivity index (χ1v) is 9.91. The van der Waals surface area contributed by atoms with E-state index in [9.17, 15) is 24.8 Å². The van der Waals surface area contributed by atoms with Gasteiger partial charge >= 0.3 is 11.8 Å². The Balaban J connectivity index is 2.89. The molecule has 0 aliphatic rings. The molecular formula is C20H27N7O5. The standard InChI is InChI=1S/C20H27N7O5/c1-10(2)25-16(28)13(17(29)26(11(3)4)18(25)30)22-23-15-12(9-21)14(20(5,6)7)24-27(15)19(31)32-8/h10-11,28H,1-8H3. The van der Waals surface area contributed by atoms with Crippen LogP contribution in [-0.2, 0) is 10.2 Å². The Kier molecular flexibility index (Phi) is 6.73. The smallest absolute Gasteiger partial charge is 0.436 e. The van der Waals surface area contributed by atoms with Crippen molar-refractivity contribution in [3.63, 3.8) is 0 Å². The minimum atomic E-state index is -0.915. The van der Waals surface area contributed by atoms with Crippen molar-refractivity contribution >= 4 is 17.6 Å². The molecule has 0 saturated heterocycles. The summed E-state index contributed by atoms with van der Waals surface area (Å²) in [4.78, 5) is 37.8. The summed E-state index contributed by atoms with van der Waals surface area (Å²) in [6, 6.07) is 0.960. The fraction of sp³-hybridized carbons (Fsp3) is 0.550. The highest BCUT2D eigenvalue weighted by atomic mass is 16.5. The molecule has 0 unspecified atom stereocenters. The molecule has 0 radical (unpaired) electrons. The Morgan fingerprint density at radius 2 is 1.69 bits per heavy atom.